The molecule has 2 rings (SSSR count). The van der Waals surface area contributed by atoms with Gasteiger partial charge >= 0.3 is 0 Å². The Hall–Kier alpha value is -1.55. The molecule has 80 valence electrons. The molecule has 0 aliphatic rings. The number of nitrogens with two attached hydrogens (primary N) is 1. The van der Waals surface area contributed by atoms with Crippen molar-refractivity contribution < 1.29 is 4.39 Å². The van der Waals surface area contributed by atoms with Crippen LogP contribution in [-0.4, -0.2) is 10.2 Å². The van der Waals surface area contributed by atoms with Gasteiger partial charge in [-0.05, 0) is 30.7 Å². The van der Waals surface area contributed by atoms with Gasteiger partial charge in [0.15, 0.2) is 0 Å². The first-order valence-corrected chi connectivity index (χ1v) is 4.24. The second-order valence-corrected chi connectivity index (χ2v) is 3.17. The van der Waals surface area contributed by atoms with Crippen LogP contribution in [-0.2, 0) is 0 Å². The number of aromatic nitrogens is 2. The van der Waals surface area contributed by atoms with Gasteiger partial charge in [0.2, 0.25) is 0 Å². The van der Waals surface area contributed by atoms with Crippen molar-refractivity contribution in [3.63, 3.8) is 0 Å². The summed E-state index contributed by atoms with van der Waals surface area (Å²) in [6.07, 6.45) is 0. The minimum atomic E-state index is -0.237. The molecule has 2 aromatic rings. The molecule has 5 heteroatoms. The van der Waals surface area contributed by atoms with Gasteiger partial charge in [-0.2, -0.15) is 5.10 Å². The van der Waals surface area contributed by atoms with Crippen molar-refractivity contribution in [3.8, 4) is 11.3 Å². The quantitative estimate of drug-likeness (QED) is 0.787. The van der Waals surface area contributed by atoms with Crippen LogP contribution in [0.15, 0.2) is 24.3 Å². The number of benzene rings is 1. The van der Waals surface area contributed by atoms with Crippen LogP contribution in [0.5, 0.6) is 0 Å². The third kappa shape index (κ3) is 2.27. The highest BCUT2D eigenvalue weighted by Gasteiger charge is 2.05. The summed E-state index contributed by atoms with van der Waals surface area (Å²) in [6, 6.07) is 6.32. The zero-order chi connectivity index (χ0) is 10.1. The van der Waals surface area contributed by atoms with Crippen LogP contribution in [0.3, 0.4) is 0 Å². The molecule has 0 radical (unpaired) electrons. The summed E-state index contributed by atoms with van der Waals surface area (Å²) in [6.45, 7) is 1.84. The molecule has 0 unspecified atom stereocenters. The standard InChI is InChI=1S/C10H10FN3.ClH/c1-6-4-7(11)2-3-8(6)9-5-10(12)14-13-9;/h2-5H,1H3,(H3,12,13,14);1H. The molecule has 3 N–H and O–H groups in total. The number of H-pyrrole nitrogens is 1. The molecule has 0 amide bonds. The van der Waals surface area contributed by atoms with Crippen LogP contribution in [0.4, 0.5) is 10.2 Å². The fourth-order valence-electron chi connectivity index (χ4n) is 1.40. The lowest BCUT2D eigenvalue weighted by Gasteiger charge is -2.01. The van der Waals surface area contributed by atoms with E-state index >= 15 is 0 Å². The van der Waals surface area contributed by atoms with E-state index in [1.807, 2.05) is 6.92 Å². The number of hydrogen-bond donors (Lipinski definition) is 2. The van der Waals surface area contributed by atoms with E-state index in [0.29, 0.717) is 5.82 Å². The molecular formula is C10H11ClFN3. The molecule has 1 heterocycles. The Labute approximate surface area is 92.9 Å². The van der Waals surface area contributed by atoms with Crippen molar-refractivity contribution in [1.82, 2.24) is 10.2 Å². The molecule has 0 bridgehead atoms. The van der Waals surface area contributed by atoms with Crippen molar-refractivity contribution in [2.45, 2.75) is 6.92 Å². The van der Waals surface area contributed by atoms with Gasteiger partial charge in [0, 0.05) is 11.6 Å². The highest BCUT2D eigenvalue weighted by atomic mass is 35.5. The Morgan fingerprint density at radius 3 is 2.60 bits per heavy atom. The summed E-state index contributed by atoms with van der Waals surface area (Å²) in [5.41, 5.74) is 8.05. The zero-order valence-corrected chi connectivity index (χ0v) is 8.94. The first kappa shape index (κ1) is 11.5. The molecule has 0 aliphatic heterocycles. The van der Waals surface area contributed by atoms with E-state index in [2.05, 4.69) is 10.2 Å². The van der Waals surface area contributed by atoms with Gasteiger partial charge in [0.05, 0.1) is 5.69 Å². The second-order valence-electron chi connectivity index (χ2n) is 3.17. The van der Waals surface area contributed by atoms with Crippen molar-refractivity contribution in [1.29, 1.82) is 0 Å². The molecule has 1 aromatic heterocycles. The normalized spacial score (nSPS) is 9.73. The van der Waals surface area contributed by atoms with E-state index in [-0.39, 0.29) is 18.2 Å². The average molecular weight is 228 g/mol. The third-order valence-corrected chi connectivity index (χ3v) is 2.08. The maximum absolute atomic E-state index is 12.8. The summed E-state index contributed by atoms with van der Waals surface area (Å²) >= 11 is 0. The smallest absolute Gasteiger partial charge is 0.145 e. The molecule has 0 spiro atoms. The molecule has 15 heavy (non-hydrogen) atoms. The van der Waals surface area contributed by atoms with Gasteiger partial charge in [0.1, 0.15) is 11.6 Å². The van der Waals surface area contributed by atoms with Crippen LogP contribution >= 0.6 is 12.4 Å². The fraction of sp³-hybridized carbons (Fsp3) is 0.100. The lowest BCUT2D eigenvalue weighted by Crippen LogP contribution is -1.85. The minimum absolute atomic E-state index is 0. The monoisotopic (exact) mass is 227 g/mol. The number of anilines is 1. The molecular weight excluding hydrogens is 217 g/mol. The molecule has 0 fully saturated rings. The molecule has 0 saturated carbocycles. The highest BCUT2D eigenvalue weighted by Crippen LogP contribution is 2.22. The summed E-state index contributed by atoms with van der Waals surface area (Å²) in [5.74, 6) is 0.197. The maximum atomic E-state index is 12.8. The largest absolute Gasteiger partial charge is 0.382 e. The Morgan fingerprint density at radius 1 is 1.33 bits per heavy atom. The lowest BCUT2D eigenvalue weighted by atomic mass is 10.1. The predicted molar refractivity (Wildman–Crippen MR) is 60.4 cm³/mol. The van der Waals surface area contributed by atoms with Crippen LogP contribution in [0.2, 0.25) is 0 Å². The van der Waals surface area contributed by atoms with Crippen LogP contribution < -0.4 is 5.73 Å². The molecule has 1 aromatic carbocycles. The van der Waals surface area contributed by atoms with Crippen molar-refractivity contribution in [2.24, 2.45) is 0 Å². The predicted octanol–water partition coefficient (Wildman–Crippen LogP) is 2.53. The van der Waals surface area contributed by atoms with Crippen molar-refractivity contribution in [3.05, 3.63) is 35.6 Å². The topological polar surface area (TPSA) is 54.7 Å². The first-order chi connectivity index (χ1) is 6.66. The number of hydrogen-bond acceptors (Lipinski definition) is 2. The third-order valence-electron chi connectivity index (χ3n) is 2.08. The SMILES string of the molecule is Cc1cc(F)ccc1-c1cc(N)n[nH]1.Cl. The maximum Gasteiger partial charge on any atom is 0.145 e. The summed E-state index contributed by atoms with van der Waals surface area (Å²) < 4.78 is 12.8. The first-order valence-electron chi connectivity index (χ1n) is 4.24. The fourth-order valence-corrected chi connectivity index (χ4v) is 1.40. The average Bonchev–Trinajstić information content (AvgIpc) is 2.51. The Kier molecular flexibility index (Phi) is 3.31. The lowest BCUT2D eigenvalue weighted by molar-refractivity contribution is 0.627. The Bertz CT molecular complexity index is 467. The Morgan fingerprint density at radius 2 is 2.07 bits per heavy atom. The number of halogens is 2. The van der Waals surface area contributed by atoms with Gasteiger partial charge in [-0.25, -0.2) is 4.39 Å². The molecule has 0 saturated heterocycles. The van der Waals surface area contributed by atoms with E-state index < -0.39 is 0 Å². The van der Waals surface area contributed by atoms with Crippen LogP contribution in [0, 0.1) is 12.7 Å². The van der Waals surface area contributed by atoms with Crippen molar-refractivity contribution in [2.75, 3.05) is 5.73 Å². The number of aryl methyl sites for hydroxylation is 1. The van der Waals surface area contributed by atoms with E-state index in [1.54, 1.807) is 12.1 Å². The Balaban J connectivity index is 0.00000112. The minimum Gasteiger partial charge on any atom is -0.382 e. The second kappa shape index (κ2) is 4.31. The number of aromatic amines is 1. The van der Waals surface area contributed by atoms with Gasteiger partial charge in [-0.15, -0.1) is 12.4 Å². The summed E-state index contributed by atoms with van der Waals surface area (Å²) in [7, 11) is 0. The number of rotatable bonds is 1. The van der Waals surface area contributed by atoms with Crippen LogP contribution in [0.25, 0.3) is 11.3 Å². The van der Waals surface area contributed by atoms with E-state index in [4.69, 9.17) is 5.73 Å². The van der Waals surface area contributed by atoms with E-state index in [1.165, 1.54) is 12.1 Å². The highest BCUT2D eigenvalue weighted by molar-refractivity contribution is 5.85. The zero-order valence-electron chi connectivity index (χ0n) is 8.12. The number of nitrogens with one attached hydrogen (secondary N) is 1. The molecule has 0 atom stereocenters. The van der Waals surface area contributed by atoms with E-state index in [0.717, 1.165) is 16.8 Å². The summed E-state index contributed by atoms with van der Waals surface area (Å²) in [4.78, 5) is 0. The van der Waals surface area contributed by atoms with Gasteiger partial charge < -0.3 is 5.73 Å². The van der Waals surface area contributed by atoms with Gasteiger partial charge in [-0.1, -0.05) is 0 Å². The number of nitrogens with zero attached hydrogens (tertiary/aromatic N) is 1. The van der Waals surface area contributed by atoms with Crippen molar-refractivity contribution >= 4 is 18.2 Å². The van der Waals surface area contributed by atoms with Gasteiger partial charge in [0.25, 0.3) is 0 Å². The summed E-state index contributed by atoms with van der Waals surface area (Å²) in [5, 5.41) is 6.60. The molecule has 0 aliphatic carbocycles. The molecule has 3 nitrogen and oxygen atoms in total. The number of nitrogen functional groups attached to an aromatic ring is 1. The van der Waals surface area contributed by atoms with Crippen LogP contribution in [0.1, 0.15) is 5.56 Å². The van der Waals surface area contributed by atoms with Gasteiger partial charge in [-0.3, -0.25) is 5.10 Å². The van der Waals surface area contributed by atoms with E-state index in [9.17, 15) is 4.39 Å².